The number of hydrogen-bond acceptors (Lipinski definition) is 3. The predicted molar refractivity (Wildman–Crippen MR) is 119 cm³/mol. The molecule has 0 aliphatic rings. The van der Waals surface area contributed by atoms with E-state index in [1.807, 2.05) is 37.3 Å². The van der Waals surface area contributed by atoms with Crippen molar-refractivity contribution in [2.75, 3.05) is 6.54 Å². The van der Waals surface area contributed by atoms with Crippen molar-refractivity contribution in [3.05, 3.63) is 93.1 Å². The summed E-state index contributed by atoms with van der Waals surface area (Å²) in [4.78, 5) is 13.5. The maximum absolute atomic E-state index is 13.7. The van der Waals surface area contributed by atoms with Gasteiger partial charge in [-0.1, -0.05) is 30.3 Å². The van der Waals surface area contributed by atoms with Gasteiger partial charge in [0.15, 0.2) is 0 Å². The number of halogens is 1. The van der Waals surface area contributed by atoms with Crippen molar-refractivity contribution in [2.24, 2.45) is 0 Å². The number of carboxylic acids is 1. The van der Waals surface area contributed by atoms with E-state index in [1.165, 1.54) is 17.0 Å². The molecule has 0 fully saturated rings. The number of carbonyl (C=O) groups is 1. The number of hydrogen-bond donors (Lipinski definition) is 2. The van der Waals surface area contributed by atoms with Gasteiger partial charge in [-0.15, -0.1) is 11.3 Å². The molecule has 2 heterocycles. The van der Waals surface area contributed by atoms with Gasteiger partial charge in [0.25, 0.3) is 0 Å². The number of fused-ring (bicyclic) bond motifs is 1. The predicted octanol–water partition coefficient (Wildman–Crippen LogP) is 5.23. The fraction of sp³-hybridized carbons (Fsp3) is 0.208. The quantitative estimate of drug-likeness (QED) is 0.382. The number of aromatic nitrogens is 1. The summed E-state index contributed by atoms with van der Waals surface area (Å²) in [5.74, 6) is -1.30. The minimum absolute atomic E-state index is 0.253. The lowest BCUT2D eigenvalue weighted by Crippen LogP contribution is -2.19. The molecule has 0 amide bonds. The zero-order chi connectivity index (χ0) is 21.1. The number of carboxylic acid groups (broad SMARTS) is 1. The molecule has 2 N–H and O–H groups in total. The molecule has 2 aromatic carbocycles. The third kappa shape index (κ3) is 4.30. The fourth-order valence-corrected chi connectivity index (χ4v) is 4.53. The van der Waals surface area contributed by atoms with E-state index < -0.39 is 5.97 Å². The number of rotatable bonds is 8. The van der Waals surface area contributed by atoms with Crippen molar-refractivity contribution in [3.63, 3.8) is 0 Å². The van der Waals surface area contributed by atoms with Crippen LogP contribution in [0.3, 0.4) is 0 Å². The molecule has 0 spiro atoms. The van der Waals surface area contributed by atoms with Crippen LogP contribution in [0.15, 0.2) is 60.0 Å². The Labute approximate surface area is 178 Å². The van der Waals surface area contributed by atoms with Gasteiger partial charge in [0, 0.05) is 41.0 Å². The second-order valence-electron chi connectivity index (χ2n) is 7.38. The molecule has 0 aliphatic heterocycles. The van der Waals surface area contributed by atoms with Gasteiger partial charge >= 0.3 is 5.97 Å². The molecular formula is C24H23FN2O2S. The van der Waals surface area contributed by atoms with E-state index in [4.69, 9.17) is 0 Å². The van der Waals surface area contributed by atoms with Gasteiger partial charge in [-0.25, -0.2) is 9.18 Å². The van der Waals surface area contributed by atoms with Crippen molar-refractivity contribution in [3.8, 4) is 0 Å². The molecule has 0 saturated carbocycles. The Bertz CT molecular complexity index is 1180. The highest BCUT2D eigenvalue weighted by atomic mass is 32.1. The number of nitrogens with zero attached hydrogens (tertiary/aromatic N) is 1. The van der Waals surface area contributed by atoms with Crippen molar-refractivity contribution >= 4 is 28.2 Å². The largest absolute Gasteiger partial charge is 0.477 e. The molecule has 0 bridgehead atoms. The first-order valence-electron chi connectivity index (χ1n) is 9.85. The van der Waals surface area contributed by atoms with Crippen LogP contribution in [-0.2, 0) is 19.5 Å². The summed E-state index contributed by atoms with van der Waals surface area (Å²) < 4.78 is 15.5. The van der Waals surface area contributed by atoms with Gasteiger partial charge in [-0.3, -0.25) is 0 Å². The number of benzene rings is 2. The average Bonchev–Trinajstić information content (AvgIpc) is 3.32. The van der Waals surface area contributed by atoms with E-state index >= 15 is 0 Å². The molecule has 0 atom stereocenters. The Balaban J connectivity index is 1.69. The lowest BCUT2D eigenvalue weighted by Gasteiger charge is -2.10. The van der Waals surface area contributed by atoms with E-state index in [-0.39, 0.29) is 11.5 Å². The van der Waals surface area contributed by atoms with E-state index in [0.29, 0.717) is 13.1 Å². The van der Waals surface area contributed by atoms with Crippen LogP contribution in [0.1, 0.15) is 32.1 Å². The molecule has 154 valence electrons. The van der Waals surface area contributed by atoms with Crippen molar-refractivity contribution < 1.29 is 14.3 Å². The molecule has 6 heteroatoms. The van der Waals surface area contributed by atoms with Crippen LogP contribution in [-0.4, -0.2) is 22.2 Å². The smallest absolute Gasteiger partial charge is 0.352 e. The Morgan fingerprint density at radius 3 is 2.77 bits per heavy atom. The van der Waals surface area contributed by atoms with Crippen molar-refractivity contribution in [2.45, 2.75) is 26.4 Å². The first-order valence-corrected chi connectivity index (χ1v) is 10.7. The first-order chi connectivity index (χ1) is 14.5. The third-order valence-corrected chi connectivity index (χ3v) is 6.12. The van der Waals surface area contributed by atoms with Crippen LogP contribution < -0.4 is 5.32 Å². The van der Waals surface area contributed by atoms with Crippen molar-refractivity contribution in [1.29, 1.82) is 0 Å². The highest BCUT2D eigenvalue weighted by Gasteiger charge is 2.22. The summed E-state index contributed by atoms with van der Waals surface area (Å²) >= 11 is 1.72. The summed E-state index contributed by atoms with van der Waals surface area (Å²) in [6, 6.07) is 16.4. The highest BCUT2D eigenvalue weighted by Crippen LogP contribution is 2.29. The molecule has 0 radical (unpaired) electrons. The monoisotopic (exact) mass is 422 g/mol. The second-order valence-corrected chi connectivity index (χ2v) is 8.41. The molecule has 4 rings (SSSR count). The first kappa shape index (κ1) is 20.3. The van der Waals surface area contributed by atoms with Crippen LogP contribution in [0.4, 0.5) is 4.39 Å². The van der Waals surface area contributed by atoms with Gasteiger partial charge < -0.3 is 15.0 Å². The highest BCUT2D eigenvalue weighted by molar-refractivity contribution is 7.09. The number of aromatic carboxylic acids is 1. The lowest BCUT2D eigenvalue weighted by molar-refractivity contribution is 0.0685. The lowest BCUT2D eigenvalue weighted by atomic mass is 10.1. The summed E-state index contributed by atoms with van der Waals surface area (Å²) in [6.07, 6.45) is 0.904. The summed E-state index contributed by atoms with van der Waals surface area (Å²) in [6.45, 7) is 3.51. The molecule has 2 aromatic heterocycles. The topological polar surface area (TPSA) is 54.3 Å². The van der Waals surface area contributed by atoms with E-state index in [1.54, 1.807) is 22.0 Å². The maximum atomic E-state index is 13.7. The minimum atomic E-state index is -0.977. The molecule has 4 nitrogen and oxygen atoms in total. The molecule has 0 saturated heterocycles. The Hall–Kier alpha value is -2.96. The Morgan fingerprint density at radius 1 is 1.17 bits per heavy atom. The molecule has 30 heavy (non-hydrogen) atoms. The van der Waals surface area contributed by atoms with Crippen LogP contribution in [0.2, 0.25) is 0 Å². The Kier molecular flexibility index (Phi) is 5.97. The van der Waals surface area contributed by atoms with Gasteiger partial charge in [-0.2, -0.15) is 0 Å². The Morgan fingerprint density at radius 2 is 2.03 bits per heavy atom. The zero-order valence-corrected chi connectivity index (χ0v) is 17.5. The molecule has 4 aromatic rings. The summed E-state index contributed by atoms with van der Waals surface area (Å²) in [5, 5.41) is 16.4. The normalized spacial score (nSPS) is 11.3. The zero-order valence-electron chi connectivity index (χ0n) is 16.7. The van der Waals surface area contributed by atoms with Crippen LogP contribution in [0, 0.1) is 12.7 Å². The van der Waals surface area contributed by atoms with E-state index in [0.717, 1.165) is 40.6 Å². The second kappa shape index (κ2) is 8.81. The van der Waals surface area contributed by atoms with Crippen LogP contribution >= 0.6 is 11.3 Å². The summed E-state index contributed by atoms with van der Waals surface area (Å²) in [5.41, 5.74) is 3.65. The van der Waals surface area contributed by atoms with Gasteiger partial charge in [-0.05, 0) is 54.1 Å². The van der Waals surface area contributed by atoms with Gasteiger partial charge in [0.1, 0.15) is 11.5 Å². The van der Waals surface area contributed by atoms with E-state index in [9.17, 15) is 14.3 Å². The minimum Gasteiger partial charge on any atom is -0.477 e. The fourth-order valence-electron chi connectivity index (χ4n) is 3.82. The number of thiophene rings is 1. The number of nitrogens with one attached hydrogen (secondary N) is 1. The van der Waals surface area contributed by atoms with E-state index in [2.05, 4.69) is 16.8 Å². The van der Waals surface area contributed by atoms with Crippen molar-refractivity contribution in [1.82, 2.24) is 9.88 Å². The van der Waals surface area contributed by atoms with Gasteiger partial charge in [0.05, 0.1) is 0 Å². The third-order valence-electron chi connectivity index (χ3n) is 5.19. The number of aryl methyl sites for hydroxylation is 1. The summed E-state index contributed by atoms with van der Waals surface area (Å²) in [7, 11) is 0. The average molecular weight is 423 g/mol. The molecule has 0 unspecified atom stereocenters. The van der Waals surface area contributed by atoms with Crippen LogP contribution in [0.25, 0.3) is 10.9 Å². The standard InChI is InChI=1S/C24H23FN2O2S/c1-16-7-8-20-21(14-26-10-9-19-6-3-11-30-19)23(24(28)29)27(22(20)12-16)15-17-4-2-5-18(25)13-17/h2-8,11-13,26H,9-10,14-15H2,1H3,(H,28,29). The SMILES string of the molecule is Cc1ccc2c(CNCCc3cccs3)c(C(=O)O)n(Cc3cccc(F)c3)c2c1. The molecular weight excluding hydrogens is 399 g/mol. The van der Waals surface area contributed by atoms with Crippen LogP contribution in [0.5, 0.6) is 0 Å². The molecule has 0 aliphatic carbocycles. The maximum Gasteiger partial charge on any atom is 0.352 e. The van der Waals surface area contributed by atoms with Gasteiger partial charge in [0.2, 0.25) is 0 Å².